The predicted molar refractivity (Wildman–Crippen MR) is 93.2 cm³/mol. The highest BCUT2D eigenvalue weighted by Gasteiger charge is 2.38. The van der Waals surface area contributed by atoms with Gasteiger partial charge in [0.15, 0.2) is 0 Å². The van der Waals surface area contributed by atoms with Crippen LogP contribution in [-0.2, 0) is 4.74 Å². The molecule has 24 heavy (non-hydrogen) atoms. The summed E-state index contributed by atoms with van der Waals surface area (Å²) >= 11 is 0. The zero-order valence-electron chi connectivity index (χ0n) is 14.2. The summed E-state index contributed by atoms with van der Waals surface area (Å²) in [5.41, 5.74) is 0.653. The van der Waals surface area contributed by atoms with Crippen molar-refractivity contribution in [2.24, 2.45) is 17.8 Å². The number of rotatable bonds is 5. The molecule has 5 nitrogen and oxygen atoms in total. The summed E-state index contributed by atoms with van der Waals surface area (Å²) in [5, 5.41) is 3.07. The van der Waals surface area contributed by atoms with E-state index in [2.05, 4.69) is 15.2 Å². The molecule has 0 radical (unpaired) electrons. The number of nitrogens with zero attached hydrogens (tertiary/aromatic N) is 2. The third kappa shape index (κ3) is 3.41. The van der Waals surface area contributed by atoms with Crippen molar-refractivity contribution >= 4 is 11.7 Å². The maximum atomic E-state index is 12.3. The van der Waals surface area contributed by atoms with Gasteiger partial charge in [0.1, 0.15) is 5.82 Å². The Labute approximate surface area is 143 Å². The number of fused-ring (bicyclic) bond motifs is 2. The van der Waals surface area contributed by atoms with E-state index in [1.54, 1.807) is 6.20 Å². The first kappa shape index (κ1) is 15.9. The van der Waals surface area contributed by atoms with Crippen molar-refractivity contribution in [2.75, 3.05) is 37.7 Å². The summed E-state index contributed by atoms with van der Waals surface area (Å²) in [6.07, 6.45) is 8.50. The monoisotopic (exact) mass is 329 g/mol. The fourth-order valence-electron chi connectivity index (χ4n) is 4.70. The third-order valence-electron chi connectivity index (χ3n) is 6.03. The molecule has 0 spiro atoms. The van der Waals surface area contributed by atoms with Gasteiger partial charge in [-0.05, 0) is 55.6 Å². The van der Waals surface area contributed by atoms with E-state index in [0.717, 1.165) is 62.8 Å². The minimum absolute atomic E-state index is 0.000756. The number of hydrogen-bond donors (Lipinski definition) is 1. The highest BCUT2D eigenvalue weighted by molar-refractivity contribution is 5.94. The Balaban J connectivity index is 1.25. The van der Waals surface area contributed by atoms with E-state index >= 15 is 0 Å². The van der Waals surface area contributed by atoms with Gasteiger partial charge in [-0.2, -0.15) is 0 Å². The van der Waals surface area contributed by atoms with Crippen LogP contribution >= 0.6 is 0 Å². The molecule has 2 heterocycles. The van der Waals surface area contributed by atoms with Gasteiger partial charge in [-0.1, -0.05) is 6.42 Å². The lowest BCUT2D eigenvalue weighted by molar-refractivity contribution is 0.0949. The lowest BCUT2D eigenvalue weighted by Crippen LogP contribution is -2.36. The third-order valence-corrected chi connectivity index (χ3v) is 6.03. The number of nitrogens with one attached hydrogen (secondary N) is 1. The van der Waals surface area contributed by atoms with Crippen LogP contribution in [0.15, 0.2) is 18.3 Å². The molecule has 1 saturated heterocycles. The number of hydrogen-bond acceptors (Lipinski definition) is 4. The molecule has 3 atom stereocenters. The number of aromatic nitrogens is 1. The van der Waals surface area contributed by atoms with Gasteiger partial charge in [0, 0.05) is 25.8 Å². The van der Waals surface area contributed by atoms with Crippen LogP contribution in [0.5, 0.6) is 0 Å². The summed E-state index contributed by atoms with van der Waals surface area (Å²) in [4.78, 5) is 18.9. The summed E-state index contributed by atoms with van der Waals surface area (Å²) in [5.74, 6) is 3.68. The molecule has 1 N–H and O–H groups in total. The molecule has 1 aromatic heterocycles. The molecule has 0 unspecified atom stereocenters. The second kappa shape index (κ2) is 7.09. The largest absolute Gasteiger partial charge is 0.378 e. The van der Waals surface area contributed by atoms with Crippen molar-refractivity contribution in [1.82, 2.24) is 10.3 Å². The maximum absolute atomic E-state index is 12.3. The van der Waals surface area contributed by atoms with E-state index in [0.29, 0.717) is 5.56 Å². The Bertz CT molecular complexity index is 568. The summed E-state index contributed by atoms with van der Waals surface area (Å²) in [6.45, 7) is 4.00. The molecule has 5 heteroatoms. The average Bonchev–Trinajstić information content (AvgIpc) is 3.26. The molecule has 4 rings (SSSR count). The topological polar surface area (TPSA) is 54.5 Å². The van der Waals surface area contributed by atoms with E-state index in [1.807, 2.05) is 12.1 Å². The summed E-state index contributed by atoms with van der Waals surface area (Å²) in [6, 6.07) is 3.82. The molecule has 0 aromatic carbocycles. The zero-order valence-corrected chi connectivity index (χ0v) is 14.2. The smallest absolute Gasteiger partial charge is 0.252 e. The molecular weight excluding hydrogens is 302 g/mol. The maximum Gasteiger partial charge on any atom is 0.252 e. The van der Waals surface area contributed by atoms with Crippen LogP contribution in [0.25, 0.3) is 0 Å². The fraction of sp³-hybridized carbons (Fsp3) is 0.684. The Kier molecular flexibility index (Phi) is 4.69. The van der Waals surface area contributed by atoms with Gasteiger partial charge < -0.3 is 15.0 Å². The highest BCUT2D eigenvalue weighted by Crippen LogP contribution is 2.49. The Morgan fingerprint density at radius 2 is 2.12 bits per heavy atom. The van der Waals surface area contributed by atoms with Gasteiger partial charge >= 0.3 is 0 Å². The molecule has 2 saturated carbocycles. The standard InChI is InChI=1S/C19H27N3O2/c23-19(20-6-5-16-12-14-1-2-15(16)11-14)17-3-4-18(21-13-17)22-7-9-24-10-8-22/h3-4,13-16H,1-2,5-12H2,(H,20,23)/t14-,15-,16+/m0/s1. The van der Waals surface area contributed by atoms with Crippen molar-refractivity contribution in [3.63, 3.8) is 0 Å². The highest BCUT2D eigenvalue weighted by atomic mass is 16.5. The van der Waals surface area contributed by atoms with Crippen molar-refractivity contribution in [3.8, 4) is 0 Å². The van der Waals surface area contributed by atoms with Crippen molar-refractivity contribution in [1.29, 1.82) is 0 Å². The number of pyridine rings is 1. The van der Waals surface area contributed by atoms with Gasteiger partial charge in [-0.3, -0.25) is 4.79 Å². The average molecular weight is 329 g/mol. The lowest BCUT2D eigenvalue weighted by atomic mass is 9.86. The molecule has 1 aromatic rings. The number of carbonyl (C=O) groups is 1. The van der Waals surface area contributed by atoms with Crippen LogP contribution in [-0.4, -0.2) is 43.7 Å². The molecular formula is C19H27N3O2. The number of ether oxygens (including phenoxy) is 1. The molecule has 2 bridgehead atoms. The van der Waals surface area contributed by atoms with Gasteiger partial charge in [0.05, 0.1) is 18.8 Å². The van der Waals surface area contributed by atoms with Gasteiger partial charge in [0.25, 0.3) is 5.91 Å². The van der Waals surface area contributed by atoms with E-state index < -0.39 is 0 Å². The number of anilines is 1. The number of amides is 1. The van der Waals surface area contributed by atoms with Crippen LogP contribution in [0.4, 0.5) is 5.82 Å². The molecule has 3 fully saturated rings. The van der Waals surface area contributed by atoms with Crippen molar-refractivity contribution in [2.45, 2.75) is 32.1 Å². The van der Waals surface area contributed by atoms with E-state index in [9.17, 15) is 4.79 Å². The lowest BCUT2D eigenvalue weighted by Gasteiger charge is -2.27. The first-order chi connectivity index (χ1) is 11.8. The molecule has 1 aliphatic heterocycles. The quantitative estimate of drug-likeness (QED) is 0.902. The molecule has 1 amide bonds. The minimum atomic E-state index is -0.000756. The van der Waals surface area contributed by atoms with Gasteiger partial charge in [-0.15, -0.1) is 0 Å². The van der Waals surface area contributed by atoms with Crippen molar-refractivity contribution < 1.29 is 9.53 Å². The van der Waals surface area contributed by atoms with E-state index in [-0.39, 0.29) is 5.91 Å². The van der Waals surface area contributed by atoms with E-state index in [4.69, 9.17) is 4.74 Å². The molecule has 3 aliphatic rings. The Hall–Kier alpha value is -1.62. The zero-order chi connectivity index (χ0) is 16.4. The van der Waals surface area contributed by atoms with Crippen LogP contribution < -0.4 is 10.2 Å². The first-order valence-electron chi connectivity index (χ1n) is 9.36. The number of morpholine rings is 1. The molecule has 2 aliphatic carbocycles. The minimum Gasteiger partial charge on any atom is -0.378 e. The predicted octanol–water partition coefficient (Wildman–Crippen LogP) is 2.47. The summed E-state index contributed by atoms with van der Waals surface area (Å²) < 4.78 is 5.35. The SMILES string of the molecule is O=C(NCC[C@@H]1C[C@H]2CC[C@H]1C2)c1ccc(N2CCOCC2)nc1. The fourth-order valence-corrected chi connectivity index (χ4v) is 4.70. The Morgan fingerprint density at radius 1 is 1.25 bits per heavy atom. The second-order valence-electron chi connectivity index (χ2n) is 7.48. The van der Waals surface area contributed by atoms with Crippen LogP contribution in [0, 0.1) is 17.8 Å². The number of carbonyl (C=O) groups excluding carboxylic acids is 1. The van der Waals surface area contributed by atoms with E-state index in [1.165, 1.54) is 25.7 Å². The van der Waals surface area contributed by atoms with Crippen LogP contribution in [0.3, 0.4) is 0 Å². The van der Waals surface area contributed by atoms with Crippen LogP contribution in [0.2, 0.25) is 0 Å². The summed E-state index contributed by atoms with van der Waals surface area (Å²) in [7, 11) is 0. The van der Waals surface area contributed by atoms with Crippen molar-refractivity contribution in [3.05, 3.63) is 23.9 Å². The Morgan fingerprint density at radius 3 is 2.79 bits per heavy atom. The van der Waals surface area contributed by atoms with Gasteiger partial charge in [-0.25, -0.2) is 4.98 Å². The normalized spacial score (nSPS) is 29.0. The second-order valence-corrected chi connectivity index (χ2v) is 7.48. The first-order valence-corrected chi connectivity index (χ1v) is 9.36. The van der Waals surface area contributed by atoms with Crippen LogP contribution in [0.1, 0.15) is 42.5 Å². The van der Waals surface area contributed by atoms with Gasteiger partial charge in [0.2, 0.25) is 0 Å². The molecule has 130 valence electrons.